The van der Waals surface area contributed by atoms with Crippen molar-refractivity contribution in [3.63, 3.8) is 0 Å². The third-order valence-electron chi connectivity index (χ3n) is 3.55. The summed E-state index contributed by atoms with van der Waals surface area (Å²) >= 11 is 0. The van der Waals surface area contributed by atoms with Crippen LogP contribution in [0.4, 0.5) is 0 Å². The van der Waals surface area contributed by atoms with Gasteiger partial charge in [0.2, 0.25) is 0 Å². The molecule has 1 unspecified atom stereocenters. The van der Waals surface area contributed by atoms with Gasteiger partial charge in [-0.2, -0.15) is 5.10 Å². The smallest absolute Gasteiger partial charge is 0.134 e. The minimum absolute atomic E-state index is 0.277. The monoisotopic (exact) mass is 255 g/mol. The SMILES string of the molecule is Cc1nn(C)cc1C(N)c1oc2ccccc2c1C. The van der Waals surface area contributed by atoms with E-state index in [9.17, 15) is 0 Å². The number of nitrogens with zero attached hydrogens (tertiary/aromatic N) is 2. The molecular weight excluding hydrogens is 238 g/mol. The van der Waals surface area contributed by atoms with E-state index < -0.39 is 0 Å². The lowest BCUT2D eigenvalue weighted by Gasteiger charge is -2.08. The Balaban J connectivity index is 2.14. The minimum atomic E-state index is -0.277. The molecule has 4 nitrogen and oxygen atoms in total. The molecule has 19 heavy (non-hydrogen) atoms. The van der Waals surface area contributed by atoms with Gasteiger partial charge in [0.25, 0.3) is 0 Å². The second-order valence-electron chi connectivity index (χ2n) is 4.91. The second-order valence-corrected chi connectivity index (χ2v) is 4.91. The molecule has 4 heteroatoms. The van der Waals surface area contributed by atoms with E-state index in [2.05, 4.69) is 11.2 Å². The molecule has 0 aliphatic rings. The van der Waals surface area contributed by atoms with Crippen molar-refractivity contribution in [2.45, 2.75) is 19.9 Å². The van der Waals surface area contributed by atoms with Crippen LogP contribution in [0.25, 0.3) is 11.0 Å². The van der Waals surface area contributed by atoms with E-state index in [4.69, 9.17) is 10.2 Å². The van der Waals surface area contributed by atoms with Crippen LogP contribution in [-0.2, 0) is 7.05 Å². The molecular formula is C15H17N3O. The highest BCUT2D eigenvalue weighted by molar-refractivity contribution is 5.82. The lowest BCUT2D eigenvalue weighted by Crippen LogP contribution is -2.12. The molecule has 3 rings (SSSR count). The van der Waals surface area contributed by atoms with Gasteiger partial charge in [-0.25, -0.2) is 0 Å². The summed E-state index contributed by atoms with van der Waals surface area (Å²) in [6.45, 7) is 4.01. The van der Waals surface area contributed by atoms with Crippen molar-refractivity contribution < 1.29 is 4.42 Å². The Kier molecular flexibility index (Phi) is 2.68. The average molecular weight is 255 g/mol. The van der Waals surface area contributed by atoms with Crippen LogP contribution in [0.15, 0.2) is 34.9 Å². The number of nitrogens with two attached hydrogens (primary N) is 1. The van der Waals surface area contributed by atoms with Gasteiger partial charge in [-0.15, -0.1) is 0 Å². The first-order valence-electron chi connectivity index (χ1n) is 6.31. The predicted molar refractivity (Wildman–Crippen MR) is 74.9 cm³/mol. The zero-order valence-corrected chi connectivity index (χ0v) is 11.3. The van der Waals surface area contributed by atoms with Crippen molar-refractivity contribution in [3.05, 3.63) is 53.0 Å². The van der Waals surface area contributed by atoms with Gasteiger partial charge in [-0.3, -0.25) is 4.68 Å². The van der Waals surface area contributed by atoms with Crippen molar-refractivity contribution in [2.75, 3.05) is 0 Å². The summed E-state index contributed by atoms with van der Waals surface area (Å²) in [5, 5.41) is 5.46. The minimum Gasteiger partial charge on any atom is -0.459 e. The van der Waals surface area contributed by atoms with Gasteiger partial charge in [0.15, 0.2) is 0 Å². The summed E-state index contributed by atoms with van der Waals surface area (Å²) in [6, 6.07) is 7.72. The van der Waals surface area contributed by atoms with Crippen LogP contribution in [0.1, 0.15) is 28.6 Å². The fourth-order valence-electron chi connectivity index (χ4n) is 2.55. The summed E-state index contributed by atoms with van der Waals surface area (Å²) < 4.78 is 7.70. The normalized spacial score (nSPS) is 13.1. The van der Waals surface area contributed by atoms with Crippen LogP contribution < -0.4 is 5.73 Å². The second kappa shape index (κ2) is 4.24. The molecule has 2 heterocycles. The molecule has 0 aliphatic heterocycles. The lowest BCUT2D eigenvalue weighted by atomic mass is 10.0. The van der Waals surface area contributed by atoms with Crippen molar-refractivity contribution >= 4 is 11.0 Å². The Hall–Kier alpha value is -2.07. The lowest BCUT2D eigenvalue weighted by molar-refractivity contribution is 0.520. The molecule has 0 aliphatic carbocycles. The Bertz CT molecular complexity index is 739. The average Bonchev–Trinajstić information content (AvgIpc) is 2.90. The van der Waals surface area contributed by atoms with E-state index in [0.29, 0.717) is 0 Å². The molecule has 0 fully saturated rings. The maximum Gasteiger partial charge on any atom is 0.134 e. The summed E-state index contributed by atoms with van der Waals surface area (Å²) in [5.74, 6) is 0.817. The molecule has 0 bridgehead atoms. The zero-order valence-electron chi connectivity index (χ0n) is 11.3. The Morgan fingerprint density at radius 2 is 2.00 bits per heavy atom. The molecule has 2 aromatic heterocycles. The molecule has 3 aromatic rings. The third kappa shape index (κ3) is 1.85. The zero-order chi connectivity index (χ0) is 13.6. The highest BCUT2D eigenvalue weighted by atomic mass is 16.3. The van der Waals surface area contributed by atoms with E-state index in [1.54, 1.807) is 4.68 Å². The molecule has 1 aromatic carbocycles. The fraction of sp³-hybridized carbons (Fsp3) is 0.267. The molecule has 0 amide bonds. The van der Waals surface area contributed by atoms with Gasteiger partial charge in [0, 0.05) is 29.8 Å². The first-order chi connectivity index (χ1) is 9.08. The molecule has 1 atom stereocenters. The topological polar surface area (TPSA) is 57.0 Å². The summed E-state index contributed by atoms with van der Waals surface area (Å²) in [4.78, 5) is 0. The molecule has 0 radical (unpaired) electrons. The van der Waals surface area contributed by atoms with E-state index in [-0.39, 0.29) is 6.04 Å². The number of para-hydroxylation sites is 1. The first-order valence-corrected chi connectivity index (χ1v) is 6.31. The largest absolute Gasteiger partial charge is 0.459 e. The van der Waals surface area contributed by atoms with Gasteiger partial charge < -0.3 is 10.2 Å². The van der Waals surface area contributed by atoms with Crippen LogP contribution >= 0.6 is 0 Å². The summed E-state index contributed by atoms with van der Waals surface area (Å²) in [7, 11) is 1.90. The molecule has 98 valence electrons. The first kappa shape index (κ1) is 12.0. The van der Waals surface area contributed by atoms with E-state index in [0.717, 1.165) is 33.6 Å². The summed E-state index contributed by atoms with van der Waals surface area (Å²) in [6.07, 6.45) is 1.95. The standard InChI is InChI=1S/C15H17N3O/c1-9-11-6-4-5-7-13(11)19-15(9)14(16)12-8-18(3)17-10(12)2/h4-8,14H,16H2,1-3H3. The number of rotatable bonds is 2. The quantitative estimate of drug-likeness (QED) is 0.766. The van der Waals surface area contributed by atoms with E-state index in [1.165, 1.54) is 0 Å². The number of hydrogen-bond donors (Lipinski definition) is 1. The number of fused-ring (bicyclic) bond motifs is 1. The van der Waals surface area contributed by atoms with Crippen LogP contribution in [0.3, 0.4) is 0 Å². The highest BCUT2D eigenvalue weighted by Gasteiger charge is 2.21. The molecule has 0 spiro atoms. The van der Waals surface area contributed by atoms with Crippen LogP contribution in [0.2, 0.25) is 0 Å². The maximum atomic E-state index is 6.35. The van der Waals surface area contributed by atoms with Gasteiger partial charge in [-0.05, 0) is 19.9 Å². The highest BCUT2D eigenvalue weighted by Crippen LogP contribution is 2.32. The van der Waals surface area contributed by atoms with Crippen molar-refractivity contribution in [1.82, 2.24) is 9.78 Å². The van der Waals surface area contributed by atoms with Gasteiger partial charge in [-0.1, -0.05) is 18.2 Å². The van der Waals surface area contributed by atoms with Crippen LogP contribution in [-0.4, -0.2) is 9.78 Å². The molecule has 0 saturated carbocycles. The fourth-order valence-corrected chi connectivity index (χ4v) is 2.55. The van der Waals surface area contributed by atoms with Gasteiger partial charge in [0.1, 0.15) is 11.3 Å². The van der Waals surface area contributed by atoms with E-state index in [1.807, 2.05) is 45.3 Å². The number of furan rings is 1. The Morgan fingerprint density at radius 3 is 2.63 bits per heavy atom. The van der Waals surface area contributed by atoms with Crippen molar-refractivity contribution in [1.29, 1.82) is 0 Å². The maximum absolute atomic E-state index is 6.35. The number of hydrogen-bond acceptors (Lipinski definition) is 3. The van der Waals surface area contributed by atoms with Crippen molar-refractivity contribution in [2.24, 2.45) is 12.8 Å². The van der Waals surface area contributed by atoms with Gasteiger partial charge in [0.05, 0.1) is 11.7 Å². The molecule has 2 N–H and O–H groups in total. The number of aryl methyl sites for hydroxylation is 3. The van der Waals surface area contributed by atoms with Gasteiger partial charge >= 0.3 is 0 Å². The van der Waals surface area contributed by atoms with Crippen LogP contribution in [0.5, 0.6) is 0 Å². The number of benzene rings is 1. The predicted octanol–water partition coefficient (Wildman–Crippen LogP) is 2.83. The summed E-state index contributed by atoms with van der Waals surface area (Å²) in [5.41, 5.74) is 10.3. The molecule has 0 saturated heterocycles. The van der Waals surface area contributed by atoms with E-state index >= 15 is 0 Å². The van der Waals surface area contributed by atoms with Crippen LogP contribution in [0, 0.1) is 13.8 Å². The van der Waals surface area contributed by atoms with Crippen molar-refractivity contribution in [3.8, 4) is 0 Å². The Morgan fingerprint density at radius 1 is 1.26 bits per heavy atom. The number of aromatic nitrogens is 2. The Labute approximate surface area is 111 Å². The third-order valence-corrected chi connectivity index (χ3v) is 3.55.